The number of nitrogens with two attached hydrogens (primary N) is 1. The summed E-state index contributed by atoms with van der Waals surface area (Å²) < 4.78 is 0. The summed E-state index contributed by atoms with van der Waals surface area (Å²) in [5.74, 6) is 3.94. The number of aliphatic hydroxyl groups is 1. The van der Waals surface area contributed by atoms with Gasteiger partial charge in [0.1, 0.15) is 0 Å². The number of nitrogens with zero attached hydrogens (tertiary/aromatic N) is 8. The standard InChI is InChI=1S/C11H20N2O.C11H21NO.2C10H19NO.C9H17NO2.2C9H17NO.C8H15NO/c1-8(12)9-5-6-13(7-9)10(14)11(2,3)4;1-9-5-7-12(8-6-9)10(13)11(2,3)4;2*1-10(2,3)9(12)11-7-5-4-6-8-11;1-9(2,3)8(12)10-5-4-7(11)6-10;1-7-5-10(6-7)8(11)9(2,3)4;1-9(2,3)8(11)10-6-4-5-7-10;1-8(2,3)7(10)9-5-4-6-9/h9H,1,5-7,12H2,2-4H3;9H,5-8H2,1-4H3;2*4-8H2,1-3H3;7,11H,4-6H2,1-3H3;7H,5-6H2,1-4H3;4-7H2,1-3H3;4-6H2,1-3H3. The van der Waals surface area contributed by atoms with E-state index in [1.807, 2.05) is 200 Å². The third-order valence-corrected chi connectivity index (χ3v) is 17.8. The van der Waals surface area contributed by atoms with Crippen molar-refractivity contribution >= 4 is 47.3 Å². The number of carbonyl (C=O) groups excluding carboxylic acids is 8. The second-order valence-corrected chi connectivity index (χ2v) is 36.6. The van der Waals surface area contributed by atoms with E-state index in [-0.39, 0.29) is 67.1 Å². The average Bonchev–Trinajstić information content (AvgIpc) is 1.49. The summed E-state index contributed by atoms with van der Waals surface area (Å²) >= 11 is 0. The van der Waals surface area contributed by atoms with Gasteiger partial charge in [0.15, 0.2) is 0 Å². The first kappa shape index (κ1) is 88.3. The van der Waals surface area contributed by atoms with Crippen LogP contribution in [0.2, 0.25) is 0 Å². The predicted octanol–water partition coefficient (Wildman–Crippen LogP) is 12.8. The summed E-state index contributed by atoms with van der Waals surface area (Å²) in [5, 5.41) is 9.22. The molecule has 8 saturated heterocycles. The first-order chi connectivity index (χ1) is 43.1. The lowest BCUT2D eigenvalue weighted by Gasteiger charge is -2.40. The van der Waals surface area contributed by atoms with E-state index in [0.29, 0.717) is 60.2 Å². The summed E-state index contributed by atoms with van der Waals surface area (Å²) in [6.45, 7) is 69.7. The zero-order chi connectivity index (χ0) is 73.6. The van der Waals surface area contributed by atoms with E-state index < -0.39 is 0 Å². The van der Waals surface area contributed by atoms with E-state index in [2.05, 4.69) is 20.4 Å². The molecule has 8 amide bonds. The van der Waals surface area contributed by atoms with Crippen LogP contribution in [-0.2, 0) is 38.4 Å². The van der Waals surface area contributed by atoms with Crippen molar-refractivity contribution in [2.24, 2.45) is 66.8 Å². The molecule has 0 aromatic rings. The summed E-state index contributed by atoms with van der Waals surface area (Å²) in [6, 6.07) is 0. The van der Waals surface area contributed by atoms with Crippen molar-refractivity contribution in [3.05, 3.63) is 12.3 Å². The van der Waals surface area contributed by atoms with Crippen LogP contribution in [-0.4, -0.2) is 202 Å². The molecule has 0 saturated carbocycles. The Kier molecular flexibility index (Phi) is 35.3. The third kappa shape index (κ3) is 32.7. The molecule has 8 fully saturated rings. The van der Waals surface area contributed by atoms with E-state index >= 15 is 0 Å². The van der Waals surface area contributed by atoms with Crippen LogP contribution in [0.5, 0.6) is 0 Å². The molecular weight excluding hydrogens is 1190 g/mol. The van der Waals surface area contributed by atoms with Gasteiger partial charge in [-0.2, -0.15) is 0 Å². The van der Waals surface area contributed by atoms with Crippen molar-refractivity contribution in [2.75, 3.05) is 105 Å². The van der Waals surface area contributed by atoms with Crippen molar-refractivity contribution in [2.45, 2.75) is 270 Å². The molecule has 0 aromatic carbocycles. The fraction of sp³-hybridized carbons (Fsp3) is 0.870. The minimum Gasteiger partial charge on any atom is -0.402 e. The Labute approximate surface area is 580 Å². The topological polar surface area (TPSA) is 209 Å². The van der Waals surface area contributed by atoms with Gasteiger partial charge in [-0.3, -0.25) is 38.4 Å². The van der Waals surface area contributed by atoms with Crippen molar-refractivity contribution in [3.8, 4) is 0 Å². The summed E-state index contributed by atoms with van der Waals surface area (Å²) in [4.78, 5) is 109. The Bertz CT molecular complexity index is 2330. The van der Waals surface area contributed by atoms with Gasteiger partial charge < -0.3 is 50.0 Å². The molecule has 8 aliphatic heterocycles. The zero-order valence-corrected chi connectivity index (χ0v) is 65.9. The Morgan fingerprint density at radius 3 is 0.726 bits per heavy atom. The average molecular weight is 1340 g/mol. The lowest BCUT2D eigenvalue weighted by atomic mass is 9.91. The number of amides is 8. The van der Waals surface area contributed by atoms with Gasteiger partial charge in [0.2, 0.25) is 47.3 Å². The third-order valence-electron chi connectivity index (χ3n) is 17.8. The minimum atomic E-state index is -0.315. The number of carbonyl (C=O) groups is 8. The molecule has 95 heavy (non-hydrogen) atoms. The van der Waals surface area contributed by atoms with Gasteiger partial charge in [0.25, 0.3) is 0 Å². The highest BCUT2D eigenvalue weighted by atomic mass is 16.3. The molecule has 3 N–H and O–H groups in total. The zero-order valence-electron chi connectivity index (χ0n) is 65.9. The van der Waals surface area contributed by atoms with Crippen molar-refractivity contribution < 1.29 is 43.5 Å². The van der Waals surface area contributed by atoms with Gasteiger partial charge in [-0.15, -0.1) is 0 Å². The quantitative estimate of drug-likeness (QED) is 0.254. The fourth-order valence-electron chi connectivity index (χ4n) is 11.7. The van der Waals surface area contributed by atoms with E-state index in [4.69, 9.17) is 5.73 Å². The van der Waals surface area contributed by atoms with Crippen LogP contribution in [0.1, 0.15) is 263 Å². The number of piperidine rings is 3. The molecule has 0 radical (unpaired) electrons. The Morgan fingerprint density at radius 1 is 0.284 bits per heavy atom. The van der Waals surface area contributed by atoms with Gasteiger partial charge in [0.05, 0.1) is 6.10 Å². The highest BCUT2D eigenvalue weighted by Gasteiger charge is 2.37. The summed E-state index contributed by atoms with van der Waals surface area (Å²) in [5.41, 5.74) is 4.57. The molecule has 552 valence electrons. The normalized spacial score (nSPS) is 20.6. The van der Waals surface area contributed by atoms with Crippen LogP contribution >= 0.6 is 0 Å². The number of aliphatic hydroxyl groups excluding tert-OH is 1. The second-order valence-electron chi connectivity index (χ2n) is 36.6. The highest BCUT2D eigenvalue weighted by molar-refractivity contribution is 5.85. The molecule has 0 aromatic heterocycles. The van der Waals surface area contributed by atoms with Crippen LogP contribution in [0.4, 0.5) is 0 Å². The van der Waals surface area contributed by atoms with Crippen LogP contribution in [0, 0.1) is 61.1 Å². The fourth-order valence-corrected chi connectivity index (χ4v) is 11.7. The molecule has 8 rings (SSSR count). The molecule has 0 aliphatic carbocycles. The molecule has 0 spiro atoms. The second kappa shape index (κ2) is 38.0. The number of hydrogen-bond donors (Lipinski definition) is 2. The maximum atomic E-state index is 11.9. The molecule has 8 aliphatic rings. The van der Waals surface area contributed by atoms with Crippen molar-refractivity contribution in [1.82, 2.24) is 39.2 Å². The van der Waals surface area contributed by atoms with Crippen LogP contribution in [0.3, 0.4) is 0 Å². The van der Waals surface area contributed by atoms with E-state index in [1.54, 1.807) is 4.90 Å². The molecule has 18 heteroatoms. The smallest absolute Gasteiger partial charge is 0.228 e. The first-order valence-corrected chi connectivity index (χ1v) is 36.6. The van der Waals surface area contributed by atoms with Crippen molar-refractivity contribution in [3.63, 3.8) is 0 Å². The molecule has 0 bridgehead atoms. The Hall–Kier alpha value is -4.74. The van der Waals surface area contributed by atoms with Gasteiger partial charge >= 0.3 is 0 Å². The van der Waals surface area contributed by atoms with Gasteiger partial charge in [0, 0.05) is 160 Å². The van der Waals surface area contributed by atoms with E-state index in [9.17, 15) is 43.5 Å². The van der Waals surface area contributed by atoms with Gasteiger partial charge in [-0.1, -0.05) is 187 Å². The summed E-state index contributed by atoms with van der Waals surface area (Å²) in [6.07, 6.45) is 14.6. The largest absolute Gasteiger partial charge is 0.402 e. The molecule has 18 nitrogen and oxygen atoms in total. The SMILES string of the molecule is C=C(N)C1CCN(C(=O)C(C)(C)C)C1.CC(C)(C)C(=O)N1CCC(O)C1.CC(C)(C)C(=O)N1CCC1.CC(C)(C)C(=O)N1CCCC1.CC(C)(C)C(=O)N1CCCCC1.CC(C)(C)C(=O)N1CCCCC1.CC1CCN(C(=O)C(C)(C)C)CC1.CC1CN(C(=O)C(C)(C)C)C1. The highest BCUT2D eigenvalue weighted by Crippen LogP contribution is 2.29. The monoisotopic (exact) mass is 1340 g/mol. The molecule has 8 heterocycles. The number of likely N-dealkylation sites (tertiary alicyclic amines) is 8. The van der Waals surface area contributed by atoms with Crippen molar-refractivity contribution in [1.29, 1.82) is 0 Å². The lowest BCUT2D eigenvalue weighted by molar-refractivity contribution is -0.145. The number of β-amino-alcohol motifs (C(OH)–C–C–N with tert-alkyl or cyclic N) is 1. The molecular formula is C77H145N9O9. The Morgan fingerprint density at radius 2 is 0.505 bits per heavy atom. The predicted molar refractivity (Wildman–Crippen MR) is 389 cm³/mol. The maximum absolute atomic E-state index is 11.9. The van der Waals surface area contributed by atoms with E-state index in [0.717, 1.165) is 110 Å². The Balaban J connectivity index is 0.000000544. The number of rotatable bonds is 1. The maximum Gasteiger partial charge on any atom is 0.228 e. The minimum absolute atomic E-state index is 0.138. The van der Waals surface area contributed by atoms with Gasteiger partial charge in [-0.25, -0.2) is 0 Å². The summed E-state index contributed by atoms with van der Waals surface area (Å²) in [7, 11) is 0. The van der Waals surface area contributed by atoms with E-state index in [1.165, 1.54) is 70.6 Å². The first-order valence-electron chi connectivity index (χ1n) is 36.6. The van der Waals surface area contributed by atoms with Gasteiger partial charge in [-0.05, 0) is 95.3 Å². The van der Waals surface area contributed by atoms with Crippen LogP contribution in [0.15, 0.2) is 12.3 Å². The van der Waals surface area contributed by atoms with Crippen LogP contribution in [0.25, 0.3) is 0 Å². The molecule has 2 unspecified atom stereocenters. The molecule has 2 atom stereocenters. The van der Waals surface area contributed by atoms with Crippen LogP contribution < -0.4 is 5.73 Å². The lowest BCUT2D eigenvalue weighted by Crippen LogP contribution is -2.52. The number of hydrogen-bond acceptors (Lipinski definition) is 10.